The second-order valence-electron chi connectivity index (χ2n) is 5.08. The number of ether oxygens (including phenoxy) is 2. The molecule has 0 spiro atoms. The molecule has 0 saturated heterocycles. The SMILES string of the molecule is CN(C)c1ccc(C(=O)Nc2ccc3c(c2)OC(F)(F)O3)cn1. The minimum absolute atomic E-state index is 0.0787. The molecule has 1 aliphatic heterocycles. The maximum Gasteiger partial charge on any atom is 0.586 e. The standard InChI is InChI=1S/C15H13F2N3O3/c1-20(2)13-6-3-9(8-18-13)14(21)19-10-4-5-11-12(7-10)23-15(16,17)22-11/h3-8H,1-2H3,(H,19,21). The van der Waals surface area contributed by atoms with Gasteiger partial charge >= 0.3 is 6.29 Å². The fraction of sp³-hybridized carbons (Fsp3) is 0.200. The number of anilines is 2. The summed E-state index contributed by atoms with van der Waals surface area (Å²) in [6.45, 7) is 0. The van der Waals surface area contributed by atoms with Crippen LogP contribution in [0.5, 0.6) is 11.5 Å². The van der Waals surface area contributed by atoms with Gasteiger partial charge in [-0.2, -0.15) is 0 Å². The van der Waals surface area contributed by atoms with Gasteiger partial charge in [0.2, 0.25) is 0 Å². The van der Waals surface area contributed by atoms with E-state index in [4.69, 9.17) is 0 Å². The number of nitrogens with zero attached hydrogens (tertiary/aromatic N) is 2. The average molecular weight is 321 g/mol. The first-order valence-electron chi connectivity index (χ1n) is 6.69. The zero-order chi connectivity index (χ0) is 16.6. The molecule has 8 heteroatoms. The summed E-state index contributed by atoms with van der Waals surface area (Å²) in [5.74, 6) is 0.0965. The third kappa shape index (κ3) is 3.15. The molecule has 3 rings (SSSR count). The molecular weight excluding hydrogens is 308 g/mol. The van der Waals surface area contributed by atoms with Crippen LogP contribution in [-0.2, 0) is 0 Å². The Morgan fingerprint density at radius 3 is 2.57 bits per heavy atom. The Morgan fingerprint density at radius 1 is 1.17 bits per heavy atom. The number of nitrogens with one attached hydrogen (secondary N) is 1. The highest BCUT2D eigenvalue weighted by molar-refractivity contribution is 6.04. The van der Waals surface area contributed by atoms with E-state index in [1.807, 2.05) is 14.1 Å². The zero-order valence-electron chi connectivity index (χ0n) is 12.3. The van der Waals surface area contributed by atoms with Crippen molar-refractivity contribution in [3.05, 3.63) is 42.1 Å². The molecule has 0 radical (unpaired) electrons. The first-order valence-corrected chi connectivity index (χ1v) is 6.69. The topological polar surface area (TPSA) is 63.7 Å². The van der Waals surface area contributed by atoms with Gasteiger partial charge in [-0.3, -0.25) is 4.79 Å². The largest absolute Gasteiger partial charge is 0.586 e. The molecular formula is C15H13F2N3O3. The lowest BCUT2D eigenvalue weighted by Crippen LogP contribution is -2.25. The van der Waals surface area contributed by atoms with E-state index in [-0.39, 0.29) is 11.5 Å². The molecule has 2 aromatic rings. The molecule has 0 fully saturated rings. The molecule has 120 valence electrons. The van der Waals surface area contributed by atoms with Crippen LogP contribution in [0.3, 0.4) is 0 Å². The number of carbonyl (C=O) groups is 1. The Balaban J connectivity index is 1.74. The Bertz CT molecular complexity index is 748. The Hall–Kier alpha value is -2.90. The first kappa shape index (κ1) is 15.0. The minimum Gasteiger partial charge on any atom is -0.395 e. The van der Waals surface area contributed by atoms with E-state index < -0.39 is 12.2 Å². The van der Waals surface area contributed by atoms with Gasteiger partial charge in [0, 0.05) is 32.0 Å². The van der Waals surface area contributed by atoms with Crippen LogP contribution in [-0.4, -0.2) is 31.3 Å². The molecule has 1 aromatic heterocycles. The van der Waals surface area contributed by atoms with Gasteiger partial charge in [0.05, 0.1) is 5.56 Å². The Labute approximate surface area is 130 Å². The van der Waals surface area contributed by atoms with Gasteiger partial charge in [0.1, 0.15) is 5.82 Å². The second-order valence-corrected chi connectivity index (χ2v) is 5.08. The normalized spacial score (nSPS) is 14.4. The Morgan fingerprint density at radius 2 is 1.91 bits per heavy atom. The van der Waals surface area contributed by atoms with Gasteiger partial charge < -0.3 is 19.7 Å². The van der Waals surface area contributed by atoms with Crippen LogP contribution in [0.2, 0.25) is 0 Å². The lowest BCUT2D eigenvalue weighted by molar-refractivity contribution is -0.286. The molecule has 0 atom stereocenters. The van der Waals surface area contributed by atoms with Crippen molar-refractivity contribution >= 4 is 17.4 Å². The molecule has 0 bridgehead atoms. The summed E-state index contributed by atoms with van der Waals surface area (Å²) < 4.78 is 34.5. The predicted molar refractivity (Wildman–Crippen MR) is 79.2 cm³/mol. The molecule has 1 amide bonds. The van der Waals surface area contributed by atoms with Crippen molar-refractivity contribution in [2.75, 3.05) is 24.3 Å². The van der Waals surface area contributed by atoms with Gasteiger partial charge in [-0.15, -0.1) is 8.78 Å². The number of alkyl halides is 2. The second kappa shape index (κ2) is 5.38. The minimum atomic E-state index is -3.68. The van der Waals surface area contributed by atoms with Crippen LogP contribution in [0.1, 0.15) is 10.4 Å². The zero-order valence-corrected chi connectivity index (χ0v) is 12.3. The molecule has 1 aromatic carbocycles. The smallest absolute Gasteiger partial charge is 0.395 e. The average Bonchev–Trinajstić information content (AvgIpc) is 2.80. The maximum absolute atomic E-state index is 13.0. The summed E-state index contributed by atoms with van der Waals surface area (Å²) in [7, 11) is 3.68. The van der Waals surface area contributed by atoms with Crippen LogP contribution in [0.15, 0.2) is 36.5 Å². The summed E-state index contributed by atoms with van der Waals surface area (Å²) in [5, 5.41) is 2.59. The van der Waals surface area contributed by atoms with E-state index in [0.29, 0.717) is 17.1 Å². The number of hydrogen-bond acceptors (Lipinski definition) is 5. The summed E-state index contributed by atoms with van der Waals surface area (Å²) in [4.78, 5) is 18.1. The molecule has 1 N–H and O–H groups in total. The number of aromatic nitrogens is 1. The van der Waals surface area contributed by atoms with Crippen molar-refractivity contribution in [2.24, 2.45) is 0 Å². The predicted octanol–water partition coefficient (Wildman–Crippen LogP) is 2.72. The van der Waals surface area contributed by atoms with Gasteiger partial charge in [-0.1, -0.05) is 0 Å². The third-order valence-electron chi connectivity index (χ3n) is 3.13. The van der Waals surface area contributed by atoms with E-state index in [1.54, 1.807) is 17.0 Å². The first-order chi connectivity index (χ1) is 10.8. The lowest BCUT2D eigenvalue weighted by atomic mass is 10.2. The monoisotopic (exact) mass is 321 g/mol. The fourth-order valence-corrected chi connectivity index (χ4v) is 2.01. The lowest BCUT2D eigenvalue weighted by Gasteiger charge is -2.11. The van der Waals surface area contributed by atoms with Crippen LogP contribution in [0.4, 0.5) is 20.3 Å². The number of fused-ring (bicyclic) bond motifs is 1. The van der Waals surface area contributed by atoms with E-state index >= 15 is 0 Å². The highest BCUT2D eigenvalue weighted by Gasteiger charge is 2.43. The quantitative estimate of drug-likeness (QED) is 0.942. The summed E-state index contributed by atoms with van der Waals surface area (Å²) in [6, 6.07) is 7.35. The number of amides is 1. The highest BCUT2D eigenvalue weighted by atomic mass is 19.3. The summed E-state index contributed by atoms with van der Waals surface area (Å²) >= 11 is 0. The van der Waals surface area contributed by atoms with Gasteiger partial charge in [-0.25, -0.2) is 4.98 Å². The van der Waals surface area contributed by atoms with Crippen molar-refractivity contribution in [3.8, 4) is 11.5 Å². The Kier molecular flexibility index (Phi) is 3.51. The highest BCUT2D eigenvalue weighted by Crippen LogP contribution is 2.42. The van der Waals surface area contributed by atoms with Crippen molar-refractivity contribution in [1.82, 2.24) is 4.98 Å². The molecule has 23 heavy (non-hydrogen) atoms. The van der Waals surface area contributed by atoms with Crippen molar-refractivity contribution in [3.63, 3.8) is 0 Å². The number of benzene rings is 1. The van der Waals surface area contributed by atoms with Gasteiger partial charge in [0.25, 0.3) is 5.91 Å². The summed E-state index contributed by atoms with van der Waals surface area (Å²) in [5.41, 5.74) is 0.658. The van der Waals surface area contributed by atoms with Crippen LogP contribution >= 0.6 is 0 Å². The fourth-order valence-electron chi connectivity index (χ4n) is 2.01. The molecule has 0 unspecified atom stereocenters. The maximum atomic E-state index is 13.0. The number of halogens is 2. The van der Waals surface area contributed by atoms with Crippen molar-refractivity contribution in [2.45, 2.75) is 6.29 Å². The molecule has 1 aliphatic rings. The molecule has 6 nitrogen and oxygen atoms in total. The number of pyridine rings is 1. The van der Waals surface area contributed by atoms with E-state index in [0.717, 1.165) is 0 Å². The van der Waals surface area contributed by atoms with E-state index in [2.05, 4.69) is 19.8 Å². The molecule has 0 saturated carbocycles. The number of carbonyl (C=O) groups excluding carboxylic acids is 1. The van der Waals surface area contributed by atoms with Crippen LogP contribution in [0, 0.1) is 0 Å². The number of hydrogen-bond donors (Lipinski definition) is 1. The molecule has 2 heterocycles. The van der Waals surface area contributed by atoms with Gasteiger partial charge in [0.15, 0.2) is 11.5 Å². The van der Waals surface area contributed by atoms with Crippen molar-refractivity contribution in [1.29, 1.82) is 0 Å². The summed E-state index contributed by atoms with van der Waals surface area (Å²) in [6.07, 6.45) is -2.25. The van der Waals surface area contributed by atoms with Crippen molar-refractivity contribution < 1.29 is 23.0 Å². The van der Waals surface area contributed by atoms with Crippen LogP contribution < -0.4 is 19.7 Å². The number of rotatable bonds is 3. The van der Waals surface area contributed by atoms with Gasteiger partial charge in [-0.05, 0) is 24.3 Å². The van der Waals surface area contributed by atoms with E-state index in [1.165, 1.54) is 24.4 Å². The van der Waals surface area contributed by atoms with Crippen LogP contribution in [0.25, 0.3) is 0 Å². The van der Waals surface area contributed by atoms with E-state index in [9.17, 15) is 13.6 Å². The third-order valence-corrected chi connectivity index (χ3v) is 3.13. The molecule has 0 aliphatic carbocycles.